The van der Waals surface area contributed by atoms with Gasteiger partial charge < -0.3 is 4.74 Å². The molecule has 1 fully saturated rings. The second-order valence-electron chi connectivity index (χ2n) is 5.09. The summed E-state index contributed by atoms with van der Waals surface area (Å²) >= 11 is 0. The van der Waals surface area contributed by atoms with Crippen LogP contribution in [0.15, 0.2) is 24.3 Å². The minimum Gasteiger partial charge on any atom is -0.488 e. The minimum atomic E-state index is -4.45. The Hall–Kier alpha value is -1.52. The van der Waals surface area contributed by atoms with Gasteiger partial charge in [0.25, 0.3) is 0 Å². The molecule has 0 radical (unpaired) electrons. The van der Waals surface area contributed by atoms with Crippen molar-refractivity contribution in [3.8, 4) is 5.75 Å². The van der Waals surface area contributed by atoms with Crippen LogP contribution in [0.1, 0.15) is 38.7 Å². The molecule has 2 nitrogen and oxygen atoms in total. The average molecular weight is 286 g/mol. The Bertz CT molecular complexity index is 504. The smallest absolute Gasteiger partial charge is 0.419 e. The molecular weight excluding hydrogens is 269 g/mol. The highest BCUT2D eigenvalue weighted by Crippen LogP contribution is 2.47. The number of halogens is 3. The van der Waals surface area contributed by atoms with Crippen LogP contribution in [0.4, 0.5) is 13.2 Å². The van der Waals surface area contributed by atoms with E-state index in [0.29, 0.717) is 12.8 Å². The third-order valence-electron chi connectivity index (χ3n) is 4.27. The first kappa shape index (κ1) is 14.9. The zero-order chi connectivity index (χ0) is 15.0. The lowest BCUT2D eigenvalue weighted by atomic mass is 9.61. The van der Waals surface area contributed by atoms with E-state index in [9.17, 15) is 18.0 Å². The van der Waals surface area contributed by atoms with Crippen molar-refractivity contribution in [1.82, 2.24) is 0 Å². The van der Waals surface area contributed by atoms with Crippen molar-refractivity contribution in [2.45, 2.75) is 45.4 Å². The first-order chi connectivity index (χ1) is 9.35. The van der Waals surface area contributed by atoms with Gasteiger partial charge >= 0.3 is 6.18 Å². The molecule has 0 N–H and O–H groups in total. The van der Waals surface area contributed by atoms with Gasteiger partial charge in [-0.15, -0.1) is 0 Å². The molecule has 1 atom stereocenters. The summed E-state index contributed by atoms with van der Waals surface area (Å²) in [6.45, 7) is 3.74. The number of benzene rings is 1. The molecule has 1 saturated carbocycles. The molecule has 2 rings (SSSR count). The zero-order valence-electron chi connectivity index (χ0n) is 11.5. The van der Waals surface area contributed by atoms with Crippen LogP contribution in [0.25, 0.3) is 0 Å². The molecule has 1 aromatic rings. The van der Waals surface area contributed by atoms with Gasteiger partial charge in [0.1, 0.15) is 17.6 Å². The molecule has 110 valence electrons. The monoisotopic (exact) mass is 286 g/mol. The van der Waals surface area contributed by atoms with Crippen LogP contribution >= 0.6 is 0 Å². The fraction of sp³-hybridized carbons (Fsp3) is 0.533. The summed E-state index contributed by atoms with van der Waals surface area (Å²) in [6.07, 6.45) is -3.56. The summed E-state index contributed by atoms with van der Waals surface area (Å²) in [6, 6.07) is 5.14. The minimum absolute atomic E-state index is 0.0805. The molecular formula is C15H17F3O2. The van der Waals surface area contributed by atoms with Gasteiger partial charge in [-0.3, -0.25) is 4.79 Å². The molecule has 1 aliphatic carbocycles. The van der Waals surface area contributed by atoms with Crippen LogP contribution in [0.5, 0.6) is 5.75 Å². The maximum atomic E-state index is 12.9. The van der Waals surface area contributed by atoms with Crippen LogP contribution in [-0.4, -0.2) is 11.9 Å². The number of para-hydroxylation sites is 1. The van der Waals surface area contributed by atoms with E-state index in [4.69, 9.17) is 4.74 Å². The molecule has 0 aromatic heterocycles. The molecule has 1 unspecified atom stereocenters. The summed E-state index contributed by atoms with van der Waals surface area (Å²) in [4.78, 5) is 11.8. The Morgan fingerprint density at radius 1 is 1.25 bits per heavy atom. The van der Waals surface area contributed by atoms with E-state index in [-0.39, 0.29) is 18.0 Å². The molecule has 0 bridgehead atoms. The SMILES string of the molecule is CCC1(CC)C(=O)CC1Oc1ccccc1C(F)(F)F. The number of rotatable bonds is 4. The molecule has 0 spiro atoms. The second-order valence-corrected chi connectivity index (χ2v) is 5.09. The van der Waals surface area contributed by atoms with E-state index in [1.165, 1.54) is 18.2 Å². The van der Waals surface area contributed by atoms with E-state index in [1.807, 2.05) is 13.8 Å². The average Bonchev–Trinajstić information content (AvgIpc) is 2.39. The van der Waals surface area contributed by atoms with Gasteiger partial charge in [-0.25, -0.2) is 0 Å². The maximum Gasteiger partial charge on any atom is 0.419 e. The second kappa shape index (κ2) is 5.11. The third-order valence-corrected chi connectivity index (χ3v) is 4.27. The van der Waals surface area contributed by atoms with Crippen molar-refractivity contribution in [1.29, 1.82) is 0 Å². The number of ketones is 1. The molecule has 5 heteroatoms. The van der Waals surface area contributed by atoms with E-state index >= 15 is 0 Å². The topological polar surface area (TPSA) is 26.3 Å². The van der Waals surface area contributed by atoms with Crippen LogP contribution in [0, 0.1) is 5.41 Å². The van der Waals surface area contributed by atoms with Gasteiger partial charge in [0.2, 0.25) is 0 Å². The van der Waals surface area contributed by atoms with E-state index in [2.05, 4.69) is 0 Å². The summed E-state index contributed by atoms with van der Waals surface area (Å²) in [7, 11) is 0. The van der Waals surface area contributed by atoms with E-state index in [1.54, 1.807) is 0 Å². The highest BCUT2D eigenvalue weighted by molar-refractivity contribution is 5.92. The predicted octanol–water partition coefficient (Wildman–Crippen LogP) is 4.23. The summed E-state index contributed by atoms with van der Waals surface area (Å²) < 4.78 is 44.3. The van der Waals surface area contributed by atoms with E-state index < -0.39 is 23.3 Å². The fourth-order valence-corrected chi connectivity index (χ4v) is 2.83. The maximum absolute atomic E-state index is 12.9. The standard InChI is InChI=1S/C15H17F3O2/c1-3-14(4-2)12(19)9-13(14)20-11-8-6-5-7-10(11)15(16,17)18/h5-8,13H,3-4,9H2,1-2H3. The Morgan fingerprint density at radius 3 is 2.35 bits per heavy atom. The Balaban J connectivity index is 2.26. The molecule has 1 aliphatic rings. The molecule has 0 saturated heterocycles. The van der Waals surface area contributed by atoms with Gasteiger partial charge in [0.05, 0.1) is 11.0 Å². The van der Waals surface area contributed by atoms with Crippen LogP contribution in [0.2, 0.25) is 0 Å². The van der Waals surface area contributed by atoms with Gasteiger partial charge in [-0.05, 0) is 25.0 Å². The predicted molar refractivity (Wildman–Crippen MR) is 68.5 cm³/mol. The zero-order valence-corrected chi connectivity index (χ0v) is 11.5. The van der Waals surface area contributed by atoms with Crippen LogP contribution in [0.3, 0.4) is 0 Å². The van der Waals surface area contributed by atoms with Crippen molar-refractivity contribution >= 4 is 5.78 Å². The Morgan fingerprint density at radius 2 is 1.85 bits per heavy atom. The lowest BCUT2D eigenvalue weighted by molar-refractivity contribution is -0.155. The van der Waals surface area contributed by atoms with Crippen LogP contribution in [-0.2, 0) is 11.0 Å². The van der Waals surface area contributed by atoms with Gasteiger partial charge in [0.15, 0.2) is 0 Å². The quantitative estimate of drug-likeness (QED) is 0.828. The molecule has 0 aliphatic heterocycles. The Labute approximate surface area is 115 Å². The number of hydrogen-bond donors (Lipinski definition) is 0. The number of carbonyl (C=O) groups is 1. The summed E-state index contributed by atoms with van der Waals surface area (Å²) in [5.41, 5.74) is -1.42. The lowest BCUT2D eigenvalue weighted by Crippen LogP contribution is -2.56. The first-order valence-corrected chi connectivity index (χ1v) is 6.71. The molecule has 0 heterocycles. The molecule has 20 heavy (non-hydrogen) atoms. The van der Waals surface area contributed by atoms with E-state index in [0.717, 1.165) is 6.07 Å². The van der Waals surface area contributed by atoms with Crippen molar-refractivity contribution in [3.05, 3.63) is 29.8 Å². The third kappa shape index (κ3) is 2.30. The van der Waals surface area contributed by atoms with Crippen molar-refractivity contribution in [3.63, 3.8) is 0 Å². The number of carbonyl (C=O) groups excluding carboxylic acids is 1. The van der Waals surface area contributed by atoms with Gasteiger partial charge in [-0.2, -0.15) is 13.2 Å². The largest absolute Gasteiger partial charge is 0.488 e. The van der Waals surface area contributed by atoms with Gasteiger partial charge in [0, 0.05) is 6.42 Å². The van der Waals surface area contributed by atoms with Crippen molar-refractivity contribution < 1.29 is 22.7 Å². The first-order valence-electron chi connectivity index (χ1n) is 6.71. The molecule has 0 amide bonds. The normalized spacial score (nSPS) is 21.4. The van der Waals surface area contributed by atoms with Crippen molar-refractivity contribution in [2.24, 2.45) is 5.41 Å². The number of ether oxygens (including phenoxy) is 1. The van der Waals surface area contributed by atoms with Crippen molar-refractivity contribution in [2.75, 3.05) is 0 Å². The summed E-state index contributed by atoms with van der Waals surface area (Å²) in [5, 5.41) is 0. The lowest BCUT2D eigenvalue weighted by Gasteiger charge is -2.46. The fourth-order valence-electron chi connectivity index (χ4n) is 2.83. The summed E-state index contributed by atoms with van der Waals surface area (Å²) in [5.74, 6) is -0.110. The number of Topliss-reactive ketones (excluding diaryl/α,β-unsaturated/α-hetero) is 1. The highest BCUT2D eigenvalue weighted by atomic mass is 19.4. The highest BCUT2D eigenvalue weighted by Gasteiger charge is 2.54. The Kier molecular flexibility index (Phi) is 3.80. The van der Waals surface area contributed by atoms with Gasteiger partial charge in [-0.1, -0.05) is 26.0 Å². The van der Waals surface area contributed by atoms with Crippen LogP contribution < -0.4 is 4.74 Å². The number of hydrogen-bond acceptors (Lipinski definition) is 2. The number of alkyl halides is 3. The molecule has 1 aromatic carbocycles.